The van der Waals surface area contributed by atoms with Crippen LogP contribution in [0.3, 0.4) is 0 Å². The summed E-state index contributed by atoms with van der Waals surface area (Å²) in [5.74, 6) is -0.112. The van der Waals surface area contributed by atoms with Crippen LogP contribution >= 0.6 is 7.60 Å². The molecule has 1 fully saturated rings. The van der Waals surface area contributed by atoms with Gasteiger partial charge in [0.15, 0.2) is 0 Å². The van der Waals surface area contributed by atoms with E-state index >= 15 is 0 Å². The van der Waals surface area contributed by atoms with Crippen LogP contribution < -0.4 is 0 Å². The number of methoxy groups -OCH3 is 1. The number of aliphatic hydroxyl groups is 1. The maximum Gasteiger partial charge on any atom is 0.363 e. The van der Waals surface area contributed by atoms with Crippen molar-refractivity contribution < 1.29 is 28.7 Å². The maximum atomic E-state index is 11.9. The van der Waals surface area contributed by atoms with Crippen molar-refractivity contribution in [3.8, 4) is 0 Å². The number of quaternary nitrogens is 1. The topological polar surface area (TPSA) is 87.0 Å². The van der Waals surface area contributed by atoms with Crippen molar-refractivity contribution in [3.05, 3.63) is 0 Å². The van der Waals surface area contributed by atoms with Crippen molar-refractivity contribution in [2.45, 2.75) is 31.0 Å². The van der Waals surface area contributed by atoms with E-state index in [1.165, 1.54) is 0 Å². The molecule has 1 aliphatic carbocycles. The zero-order valence-corrected chi connectivity index (χ0v) is 13.8. The van der Waals surface area contributed by atoms with E-state index in [1.54, 1.807) is 7.11 Å². The van der Waals surface area contributed by atoms with Gasteiger partial charge in [0.05, 0.1) is 21.1 Å². The van der Waals surface area contributed by atoms with Gasteiger partial charge in [-0.2, -0.15) is 0 Å². The second-order valence-corrected chi connectivity index (χ2v) is 8.92. The zero-order chi connectivity index (χ0) is 15.6. The fourth-order valence-electron chi connectivity index (χ4n) is 3.26. The quantitative estimate of drug-likeness (QED) is 0.503. The van der Waals surface area contributed by atoms with Crippen LogP contribution in [0, 0.1) is 11.8 Å². The van der Waals surface area contributed by atoms with E-state index in [2.05, 4.69) is 0 Å². The molecule has 1 saturated carbocycles. The molecule has 0 heterocycles. The van der Waals surface area contributed by atoms with E-state index in [-0.39, 0.29) is 18.4 Å². The summed E-state index contributed by atoms with van der Waals surface area (Å²) in [5, 5.41) is 8.83. The highest BCUT2D eigenvalue weighted by atomic mass is 31.2. The summed E-state index contributed by atoms with van der Waals surface area (Å²) in [6.45, 7) is 0.625. The summed E-state index contributed by atoms with van der Waals surface area (Å²) >= 11 is 0. The molecular weight excluding hydrogens is 281 g/mol. The fraction of sp³-hybridized carbons (Fsp3) is 1.00. The van der Waals surface area contributed by atoms with Gasteiger partial charge in [-0.25, -0.2) is 0 Å². The second-order valence-electron chi connectivity index (χ2n) is 7.06. The number of hydrogen-bond donors (Lipinski definition) is 3. The molecule has 0 aromatic carbocycles. The van der Waals surface area contributed by atoms with Crippen LogP contribution in [0.25, 0.3) is 0 Å². The first kappa shape index (κ1) is 18.1. The molecule has 0 bridgehead atoms. The Hall–Kier alpha value is 0.0300. The standard InChI is InChI=1S/C13H28NO5P/c1-14(2,3)10-13(15,20(16,17)18)12-7-5-6-11(8-12)9-19-4/h11-12,15H,5-10H2,1-4H3,(H-,16,17,18)/p+1. The molecule has 120 valence electrons. The van der Waals surface area contributed by atoms with Gasteiger partial charge in [0.1, 0.15) is 6.54 Å². The third kappa shape index (κ3) is 4.52. The lowest BCUT2D eigenvalue weighted by atomic mass is 9.78. The Balaban J connectivity index is 2.96. The Morgan fingerprint density at radius 3 is 2.35 bits per heavy atom. The van der Waals surface area contributed by atoms with Crippen molar-refractivity contribution in [1.29, 1.82) is 0 Å². The van der Waals surface area contributed by atoms with Gasteiger partial charge in [0.2, 0.25) is 5.34 Å². The Bertz CT molecular complexity index is 362. The zero-order valence-electron chi connectivity index (χ0n) is 12.9. The number of likely N-dealkylation sites (N-methyl/N-ethyl adjacent to an activating group) is 1. The smallest absolute Gasteiger partial charge is 0.363 e. The Morgan fingerprint density at radius 1 is 1.30 bits per heavy atom. The molecule has 0 radical (unpaired) electrons. The number of ether oxygens (including phenoxy) is 1. The lowest BCUT2D eigenvalue weighted by Gasteiger charge is -2.43. The second kappa shape index (κ2) is 6.42. The molecule has 3 atom stereocenters. The first-order valence-electron chi connectivity index (χ1n) is 7.07. The highest BCUT2D eigenvalue weighted by Crippen LogP contribution is 2.57. The molecule has 1 aliphatic rings. The predicted molar refractivity (Wildman–Crippen MR) is 77.2 cm³/mol. The van der Waals surface area contributed by atoms with Crippen molar-refractivity contribution >= 4 is 7.60 Å². The summed E-state index contributed by atoms with van der Waals surface area (Å²) in [5.41, 5.74) is 0. The normalized spacial score (nSPS) is 28.1. The molecule has 0 amide bonds. The van der Waals surface area contributed by atoms with Crippen LogP contribution in [0.15, 0.2) is 0 Å². The molecule has 3 unspecified atom stereocenters. The van der Waals surface area contributed by atoms with Crippen LogP contribution in [0.1, 0.15) is 25.7 Å². The van der Waals surface area contributed by atoms with Gasteiger partial charge in [0.25, 0.3) is 0 Å². The molecule has 3 N–H and O–H groups in total. The molecule has 0 aromatic heterocycles. The minimum atomic E-state index is -4.60. The number of nitrogens with zero attached hydrogens (tertiary/aromatic N) is 1. The average molecular weight is 310 g/mol. The van der Waals surface area contributed by atoms with Gasteiger partial charge in [-0.1, -0.05) is 6.42 Å². The summed E-state index contributed by atoms with van der Waals surface area (Å²) in [4.78, 5) is 19.4. The number of hydrogen-bond acceptors (Lipinski definition) is 3. The van der Waals surface area contributed by atoms with Crippen molar-refractivity contribution in [3.63, 3.8) is 0 Å². The van der Waals surface area contributed by atoms with Gasteiger partial charge < -0.3 is 24.1 Å². The van der Waals surface area contributed by atoms with Gasteiger partial charge in [-0.3, -0.25) is 4.57 Å². The van der Waals surface area contributed by atoms with Crippen molar-refractivity contribution in [2.24, 2.45) is 11.8 Å². The van der Waals surface area contributed by atoms with Gasteiger partial charge in [-0.05, 0) is 25.2 Å². The van der Waals surface area contributed by atoms with Crippen LogP contribution in [0.2, 0.25) is 0 Å². The molecule has 6 nitrogen and oxygen atoms in total. The lowest BCUT2D eigenvalue weighted by Crippen LogP contribution is -2.54. The predicted octanol–water partition coefficient (Wildman–Crippen LogP) is 1.01. The highest BCUT2D eigenvalue weighted by molar-refractivity contribution is 7.53. The van der Waals surface area contributed by atoms with E-state index in [0.29, 0.717) is 23.9 Å². The minimum Gasteiger partial charge on any atom is -0.384 e. The van der Waals surface area contributed by atoms with E-state index in [4.69, 9.17) is 4.74 Å². The van der Waals surface area contributed by atoms with Crippen LogP contribution in [0.5, 0.6) is 0 Å². The number of rotatable bonds is 6. The van der Waals surface area contributed by atoms with Gasteiger partial charge in [-0.15, -0.1) is 0 Å². The van der Waals surface area contributed by atoms with Gasteiger partial charge >= 0.3 is 7.60 Å². The third-order valence-electron chi connectivity index (χ3n) is 4.05. The van der Waals surface area contributed by atoms with Crippen molar-refractivity contribution in [1.82, 2.24) is 0 Å². The summed E-state index contributed by atoms with van der Waals surface area (Å²) in [7, 11) is 2.52. The first-order chi connectivity index (χ1) is 8.99. The Kier molecular flexibility index (Phi) is 5.81. The summed E-state index contributed by atoms with van der Waals surface area (Å²) < 4.78 is 17.4. The van der Waals surface area contributed by atoms with E-state index in [0.717, 1.165) is 12.8 Å². The molecular formula is C13H29NO5P+. The molecule has 7 heteroatoms. The van der Waals surface area contributed by atoms with Crippen LogP contribution in [-0.2, 0) is 9.30 Å². The van der Waals surface area contributed by atoms with E-state index in [9.17, 15) is 19.5 Å². The SMILES string of the molecule is COCC1CCCC(C(O)(C[N+](C)(C)C)P(=O)(O)O)C1. The highest BCUT2D eigenvalue weighted by Gasteiger charge is 2.55. The summed E-state index contributed by atoms with van der Waals surface area (Å²) in [6, 6.07) is 0. The summed E-state index contributed by atoms with van der Waals surface area (Å²) in [6.07, 6.45) is 3.13. The fourth-order valence-corrected chi connectivity index (χ4v) is 4.57. The minimum absolute atomic E-state index is 0.0433. The first-order valence-corrected chi connectivity index (χ1v) is 8.68. The molecule has 20 heavy (non-hydrogen) atoms. The largest absolute Gasteiger partial charge is 0.384 e. The van der Waals surface area contributed by atoms with E-state index in [1.807, 2.05) is 21.1 Å². The Labute approximate surface area is 121 Å². The monoisotopic (exact) mass is 310 g/mol. The van der Waals surface area contributed by atoms with Gasteiger partial charge in [0, 0.05) is 19.6 Å². The van der Waals surface area contributed by atoms with Crippen LogP contribution in [0.4, 0.5) is 0 Å². The molecule has 0 saturated heterocycles. The molecule has 0 aliphatic heterocycles. The molecule has 1 rings (SSSR count). The van der Waals surface area contributed by atoms with Crippen LogP contribution in [-0.4, -0.2) is 66.1 Å². The molecule has 0 spiro atoms. The Morgan fingerprint density at radius 2 is 1.90 bits per heavy atom. The lowest BCUT2D eigenvalue weighted by molar-refractivity contribution is -0.875. The molecule has 0 aromatic rings. The average Bonchev–Trinajstić information content (AvgIpc) is 2.26. The van der Waals surface area contributed by atoms with E-state index < -0.39 is 12.9 Å². The third-order valence-corrected chi connectivity index (χ3v) is 5.57. The maximum absolute atomic E-state index is 11.9. The van der Waals surface area contributed by atoms with Crippen molar-refractivity contribution in [2.75, 3.05) is 41.4 Å².